The van der Waals surface area contributed by atoms with Gasteiger partial charge >= 0.3 is 18.0 Å². The number of nitrogens with one attached hydrogen (secondary N) is 1. The van der Waals surface area contributed by atoms with E-state index in [0.29, 0.717) is 0 Å². The van der Waals surface area contributed by atoms with E-state index in [9.17, 15) is 14.4 Å². The number of esters is 2. The van der Waals surface area contributed by atoms with Gasteiger partial charge < -0.3 is 29.0 Å². The zero-order chi connectivity index (χ0) is 19.2. The van der Waals surface area contributed by atoms with Gasteiger partial charge in [0.15, 0.2) is 12.2 Å². The molecule has 4 atom stereocenters. The fourth-order valence-electron chi connectivity index (χ4n) is 2.42. The Morgan fingerprint density at radius 3 is 2.12 bits per heavy atom. The molecular weight excluding hydrogens is 334 g/mol. The molecule has 1 saturated heterocycles. The van der Waals surface area contributed by atoms with Gasteiger partial charge in [-0.25, -0.2) is 4.79 Å². The molecule has 0 aromatic carbocycles. The molecule has 1 aliphatic rings. The molecule has 1 fully saturated rings. The van der Waals surface area contributed by atoms with E-state index in [1.165, 1.54) is 21.0 Å². The van der Waals surface area contributed by atoms with Crippen molar-refractivity contribution in [2.24, 2.45) is 0 Å². The highest BCUT2D eigenvalue weighted by atomic mass is 16.6. The van der Waals surface area contributed by atoms with E-state index < -0.39 is 48.0 Å². The van der Waals surface area contributed by atoms with E-state index in [-0.39, 0.29) is 13.2 Å². The molecule has 9 nitrogen and oxygen atoms in total. The quantitative estimate of drug-likeness (QED) is 0.565. The van der Waals surface area contributed by atoms with Crippen molar-refractivity contribution in [3.8, 4) is 0 Å². The summed E-state index contributed by atoms with van der Waals surface area (Å²) in [6, 6.07) is -0.740. The highest BCUT2D eigenvalue weighted by Crippen LogP contribution is 2.23. The molecule has 0 saturated carbocycles. The van der Waals surface area contributed by atoms with Crippen molar-refractivity contribution in [3.05, 3.63) is 0 Å². The lowest BCUT2D eigenvalue weighted by Crippen LogP contribution is -2.62. The van der Waals surface area contributed by atoms with Crippen LogP contribution >= 0.6 is 0 Å². The Hall–Kier alpha value is -1.87. The summed E-state index contributed by atoms with van der Waals surface area (Å²) in [6.45, 7) is 7.82. The number of hydrogen-bond acceptors (Lipinski definition) is 8. The number of methoxy groups -OCH3 is 1. The highest BCUT2D eigenvalue weighted by molar-refractivity contribution is 5.69. The first-order chi connectivity index (χ1) is 11.5. The molecule has 1 heterocycles. The Labute approximate surface area is 147 Å². The number of carbonyl (C=O) groups excluding carboxylic acids is 3. The van der Waals surface area contributed by atoms with Crippen molar-refractivity contribution >= 4 is 18.0 Å². The molecule has 9 heteroatoms. The van der Waals surface area contributed by atoms with Crippen LogP contribution in [0.5, 0.6) is 0 Å². The Bertz CT molecular complexity index is 487. The fourth-order valence-corrected chi connectivity index (χ4v) is 2.42. The van der Waals surface area contributed by atoms with Gasteiger partial charge in [0.1, 0.15) is 11.7 Å². The van der Waals surface area contributed by atoms with Crippen LogP contribution in [0.2, 0.25) is 0 Å². The third kappa shape index (κ3) is 7.27. The Balaban J connectivity index is 2.96. The van der Waals surface area contributed by atoms with Crippen LogP contribution in [0.15, 0.2) is 0 Å². The van der Waals surface area contributed by atoms with Crippen molar-refractivity contribution < 1.29 is 38.1 Å². The predicted octanol–water partition coefficient (Wildman–Crippen LogP) is 0.788. The SMILES string of the molecule is COC[C@H]1OC[C@@H](NC(=O)OC(C)(C)C)[C@@H](OC(C)=O)[C@@H]1OC(C)=O. The van der Waals surface area contributed by atoms with E-state index in [2.05, 4.69) is 5.32 Å². The number of amides is 1. The minimum absolute atomic E-state index is 0.0446. The second-order valence-electron chi connectivity index (χ2n) is 6.73. The second-order valence-corrected chi connectivity index (χ2v) is 6.73. The van der Waals surface area contributed by atoms with Gasteiger partial charge in [0.25, 0.3) is 0 Å². The van der Waals surface area contributed by atoms with Crippen LogP contribution in [0.25, 0.3) is 0 Å². The fraction of sp³-hybridized carbons (Fsp3) is 0.812. The molecule has 1 aliphatic heterocycles. The zero-order valence-corrected chi connectivity index (χ0v) is 15.5. The molecular formula is C16H27NO8. The molecule has 1 amide bonds. The van der Waals surface area contributed by atoms with E-state index in [1.807, 2.05) is 0 Å². The summed E-state index contributed by atoms with van der Waals surface area (Å²) in [5.41, 5.74) is -0.690. The largest absolute Gasteiger partial charge is 0.456 e. The summed E-state index contributed by atoms with van der Waals surface area (Å²) < 4.78 is 26.5. The van der Waals surface area contributed by atoms with Gasteiger partial charge in [-0.2, -0.15) is 0 Å². The zero-order valence-electron chi connectivity index (χ0n) is 15.5. The first kappa shape index (κ1) is 21.2. The van der Waals surface area contributed by atoms with Crippen LogP contribution in [0.1, 0.15) is 34.6 Å². The second kappa shape index (κ2) is 9.00. The maximum Gasteiger partial charge on any atom is 0.408 e. The predicted molar refractivity (Wildman–Crippen MR) is 85.9 cm³/mol. The number of rotatable bonds is 5. The van der Waals surface area contributed by atoms with Crippen molar-refractivity contribution in [3.63, 3.8) is 0 Å². The van der Waals surface area contributed by atoms with Crippen molar-refractivity contribution in [2.45, 2.75) is 64.6 Å². The van der Waals surface area contributed by atoms with Gasteiger partial charge in [0, 0.05) is 21.0 Å². The smallest absolute Gasteiger partial charge is 0.408 e. The van der Waals surface area contributed by atoms with Crippen molar-refractivity contribution in [2.75, 3.05) is 20.3 Å². The van der Waals surface area contributed by atoms with E-state index >= 15 is 0 Å². The highest BCUT2D eigenvalue weighted by Gasteiger charge is 2.46. The number of hydrogen-bond donors (Lipinski definition) is 1. The monoisotopic (exact) mass is 361 g/mol. The Kier molecular flexibility index (Phi) is 7.62. The normalized spacial score (nSPS) is 26.5. The molecule has 25 heavy (non-hydrogen) atoms. The van der Waals surface area contributed by atoms with E-state index in [0.717, 1.165) is 0 Å². The first-order valence-electron chi connectivity index (χ1n) is 7.98. The summed E-state index contributed by atoms with van der Waals surface area (Å²) in [5, 5.41) is 2.60. The summed E-state index contributed by atoms with van der Waals surface area (Å²) in [6.07, 6.45) is -3.17. The minimum atomic E-state index is -0.928. The average Bonchev–Trinajstić information content (AvgIpc) is 2.42. The van der Waals surface area contributed by atoms with Gasteiger partial charge in [-0.1, -0.05) is 0 Å². The summed E-state index contributed by atoms with van der Waals surface area (Å²) in [7, 11) is 1.47. The molecule has 0 aliphatic carbocycles. The van der Waals surface area contributed by atoms with Gasteiger partial charge in [0.2, 0.25) is 0 Å². The average molecular weight is 361 g/mol. The molecule has 0 aromatic heterocycles. The maximum atomic E-state index is 12.0. The van der Waals surface area contributed by atoms with Crippen LogP contribution in [0.4, 0.5) is 4.79 Å². The standard InChI is InChI=1S/C16H27NO8/c1-9(18)23-13-11(17-15(20)25-16(3,4)5)7-22-12(8-21-6)14(13)24-10(2)19/h11-14H,7-8H2,1-6H3,(H,17,20)/t11-,12-,13-,14-/m1/s1. The van der Waals surface area contributed by atoms with Crippen LogP contribution in [-0.4, -0.2) is 68.3 Å². The number of alkyl carbamates (subject to hydrolysis) is 1. The van der Waals surface area contributed by atoms with Crippen molar-refractivity contribution in [1.82, 2.24) is 5.32 Å². The molecule has 0 radical (unpaired) electrons. The van der Waals surface area contributed by atoms with Gasteiger partial charge in [0.05, 0.1) is 19.3 Å². The maximum absolute atomic E-state index is 12.0. The van der Waals surface area contributed by atoms with Crippen LogP contribution < -0.4 is 5.32 Å². The minimum Gasteiger partial charge on any atom is -0.456 e. The number of ether oxygens (including phenoxy) is 5. The molecule has 0 spiro atoms. The third-order valence-corrected chi connectivity index (χ3v) is 3.21. The van der Waals surface area contributed by atoms with Gasteiger partial charge in [-0.15, -0.1) is 0 Å². The van der Waals surface area contributed by atoms with Crippen LogP contribution in [0.3, 0.4) is 0 Å². The van der Waals surface area contributed by atoms with Gasteiger partial charge in [-0.3, -0.25) is 9.59 Å². The topological polar surface area (TPSA) is 109 Å². The lowest BCUT2D eigenvalue weighted by atomic mass is 9.97. The Morgan fingerprint density at radius 1 is 1.08 bits per heavy atom. The molecule has 0 unspecified atom stereocenters. The van der Waals surface area contributed by atoms with Crippen LogP contribution in [0, 0.1) is 0 Å². The molecule has 0 bridgehead atoms. The number of carbonyl (C=O) groups is 3. The summed E-state index contributed by atoms with van der Waals surface area (Å²) >= 11 is 0. The van der Waals surface area contributed by atoms with Crippen molar-refractivity contribution in [1.29, 1.82) is 0 Å². The third-order valence-electron chi connectivity index (χ3n) is 3.21. The molecule has 0 aromatic rings. The molecule has 144 valence electrons. The van der Waals surface area contributed by atoms with E-state index in [4.69, 9.17) is 23.7 Å². The molecule has 1 rings (SSSR count). The lowest BCUT2D eigenvalue weighted by Gasteiger charge is -2.41. The van der Waals surface area contributed by atoms with Gasteiger partial charge in [-0.05, 0) is 20.8 Å². The van der Waals surface area contributed by atoms with Crippen LogP contribution in [-0.2, 0) is 33.3 Å². The first-order valence-corrected chi connectivity index (χ1v) is 7.98. The molecule has 1 N–H and O–H groups in total. The Morgan fingerprint density at radius 2 is 1.64 bits per heavy atom. The summed E-state index contributed by atoms with van der Waals surface area (Å²) in [5.74, 6) is -1.14. The van der Waals surface area contributed by atoms with E-state index in [1.54, 1.807) is 20.8 Å². The summed E-state index contributed by atoms with van der Waals surface area (Å²) in [4.78, 5) is 35.0. The lowest BCUT2D eigenvalue weighted by molar-refractivity contribution is -0.205.